The van der Waals surface area contributed by atoms with E-state index in [-0.39, 0.29) is 16.5 Å². The highest BCUT2D eigenvalue weighted by Gasteiger charge is 2.30. The topological polar surface area (TPSA) is 46.2 Å². The molecule has 0 radical (unpaired) electrons. The number of hydrogen-bond donors (Lipinski definition) is 1. The maximum absolute atomic E-state index is 11.8. The van der Waals surface area contributed by atoms with Gasteiger partial charge >= 0.3 is 0 Å². The second-order valence-corrected chi connectivity index (χ2v) is 8.57. The van der Waals surface area contributed by atoms with Crippen molar-refractivity contribution in [2.45, 2.75) is 58.9 Å². The summed E-state index contributed by atoms with van der Waals surface area (Å²) in [5, 5.41) is -0.253. The van der Waals surface area contributed by atoms with Gasteiger partial charge in [-0.3, -0.25) is 0 Å². The number of halogens is 1. The van der Waals surface area contributed by atoms with Crippen LogP contribution in [-0.2, 0) is 10.0 Å². The van der Waals surface area contributed by atoms with Gasteiger partial charge in [-0.1, -0.05) is 20.8 Å². The lowest BCUT2D eigenvalue weighted by Gasteiger charge is -2.29. The molecule has 3 nitrogen and oxygen atoms in total. The minimum absolute atomic E-state index is 0.0193. The van der Waals surface area contributed by atoms with Crippen molar-refractivity contribution in [3.05, 3.63) is 0 Å². The highest BCUT2D eigenvalue weighted by atomic mass is 35.5. The van der Waals surface area contributed by atoms with Crippen LogP contribution in [0.5, 0.6) is 0 Å². The lowest BCUT2D eigenvalue weighted by molar-refractivity contribution is 0.391. The fourth-order valence-corrected chi connectivity index (χ4v) is 3.05. The van der Waals surface area contributed by atoms with Crippen molar-refractivity contribution < 1.29 is 8.42 Å². The number of sulfonamides is 1. The minimum Gasteiger partial charge on any atom is -0.212 e. The molecule has 1 unspecified atom stereocenters. The first kappa shape index (κ1) is 16.2. The van der Waals surface area contributed by atoms with E-state index >= 15 is 0 Å². The molecule has 0 aromatic heterocycles. The molecule has 0 saturated carbocycles. The number of alkyl halides is 1. The number of nitrogens with one attached hydrogen (secondary N) is 1. The van der Waals surface area contributed by atoms with Crippen LogP contribution in [0.4, 0.5) is 0 Å². The van der Waals surface area contributed by atoms with Crippen molar-refractivity contribution in [1.29, 1.82) is 0 Å². The van der Waals surface area contributed by atoms with Crippen LogP contribution in [-0.4, -0.2) is 25.1 Å². The van der Waals surface area contributed by atoms with E-state index in [1.54, 1.807) is 20.8 Å². The van der Waals surface area contributed by atoms with Crippen molar-refractivity contribution in [3.63, 3.8) is 0 Å². The zero-order chi connectivity index (χ0) is 13.2. The zero-order valence-electron chi connectivity index (χ0n) is 11.1. The predicted octanol–water partition coefficient (Wildman–Crippen LogP) is 2.75. The summed E-state index contributed by atoms with van der Waals surface area (Å²) in [5.74, 6) is 0.142. The smallest absolute Gasteiger partial charge is 0.212 e. The van der Waals surface area contributed by atoms with Gasteiger partial charge in [0, 0.05) is 10.9 Å². The summed E-state index contributed by atoms with van der Waals surface area (Å²) in [6.07, 6.45) is 0.634. The molecule has 1 N–H and O–H groups in total. The van der Waals surface area contributed by atoms with Crippen LogP contribution in [0, 0.1) is 5.41 Å². The fraction of sp³-hybridized carbons (Fsp3) is 1.00. The first-order valence-electron chi connectivity index (χ1n) is 5.51. The van der Waals surface area contributed by atoms with Gasteiger partial charge in [0.15, 0.2) is 0 Å². The Morgan fingerprint density at radius 2 is 1.62 bits per heavy atom. The van der Waals surface area contributed by atoms with Crippen LogP contribution in [0.15, 0.2) is 0 Å². The van der Waals surface area contributed by atoms with Crippen LogP contribution in [0.1, 0.15) is 48.0 Å². The largest absolute Gasteiger partial charge is 0.212 e. The van der Waals surface area contributed by atoms with E-state index in [0.29, 0.717) is 6.42 Å². The molecule has 0 fully saturated rings. The van der Waals surface area contributed by atoms with E-state index in [1.165, 1.54) is 0 Å². The predicted molar refractivity (Wildman–Crippen MR) is 70.4 cm³/mol. The van der Waals surface area contributed by atoms with Crippen molar-refractivity contribution >= 4 is 21.6 Å². The molecule has 0 amide bonds. The van der Waals surface area contributed by atoms with Gasteiger partial charge in [-0.25, -0.2) is 13.1 Å². The van der Waals surface area contributed by atoms with Crippen LogP contribution in [0.25, 0.3) is 0 Å². The standard InChI is InChI=1S/C11H24ClNO2S/c1-9(12)11(5,6)13-16(14,15)8-7-10(2,3)4/h9,13H,7-8H2,1-6H3. The van der Waals surface area contributed by atoms with Crippen LogP contribution in [0.2, 0.25) is 0 Å². The molecule has 16 heavy (non-hydrogen) atoms. The molecular formula is C11H24ClNO2S. The normalized spacial score (nSPS) is 16.2. The monoisotopic (exact) mass is 269 g/mol. The van der Waals surface area contributed by atoms with E-state index in [1.807, 2.05) is 20.8 Å². The van der Waals surface area contributed by atoms with Crippen LogP contribution in [0.3, 0.4) is 0 Å². The molecule has 0 aromatic carbocycles. The van der Waals surface area contributed by atoms with E-state index in [0.717, 1.165) is 0 Å². The Hall–Kier alpha value is 0.200. The molecule has 0 aliphatic heterocycles. The van der Waals surface area contributed by atoms with Gasteiger partial charge in [-0.15, -0.1) is 11.6 Å². The third-order valence-electron chi connectivity index (χ3n) is 2.53. The van der Waals surface area contributed by atoms with E-state index in [4.69, 9.17) is 11.6 Å². The van der Waals surface area contributed by atoms with Crippen molar-refractivity contribution in [2.75, 3.05) is 5.75 Å². The van der Waals surface area contributed by atoms with Crippen molar-refractivity contribution in [3.8, 4) is 0 Å². The Morgan fingerprint density at radius 3 is 1.94 bits per heavy atom. The molecule has 0 aromatic rings. The highest BCUT2D eigenvalue weighted by molar-refractivity contribution is 7.89. The lowest BCUT2D eigenvalue weighted by Crippen LogP contribution is -2.49. The van der Waals surface area contributed by atoms with Crippen LogP contribution >= 0.6 is 11.6 Å². The van der Waals surface area contributed by atoms with Gasteiger partial charge in [-0.05, 0) is 32.6 Å². The third-order valence-corrected chi connectivity index (χ3v) is 4.66. The van der Waals surface area contributed by atoms with Gasteiger partial charge in [0.25, 0.3) is 0 Å². The van der Waals surface area contributed by atoms with Gasteiger partial charge in [0.05, 0.1) is 5.75 Å². The quantitative estimate of drug-likeness (QED) is 0.780. The molecule has 0 aliphatic rings. The molecule has 0 rings (SSSR count). The Morgan fingerprint density at radius 1 is 1.19 bits per heavy atom. The average molecular weight is 270 g/mol. The van der Waals surface area contributed by atoms with Gasteiger partial charge in [0.2, 0.25) is 10.0 Å². The van der Waals surface area contributed by atoms with Crippen molar-refractivity contribution in [2.24, 2.45) is 5.41 Å². The second kappa shape index (κ2) is 5.23. The Kier molecular flexibility index (Phi) is 5.30. The summed E-state index contributed by atoms with van der Waals surface area (Å²) in [6, 6.07) is 0. The molecule has 5 heteroatoms. The molecule has 0 heterocycles. The number of rotatable bonds is 5. The van der Waals surface area contributed by atoms with Crippen molar-refractivity contribution in [1.82, 2.24) is 4.72 Å². The first-order valence-corrected chi connectivity index (χ1v) is 7.60. The van der Waals surface area contributed by atoms with Gasteiger partial charge in [0.1, 0.15) is 0 Å². The second-order valence-electron chi connectivity index (χ2n) is 6.07. The maximum atomic E-state index is 11.8. The molecule has 0 aliphatic carbocycles. The highest BCUT2D eigenvalue weighted by Crippen LogP contribution is 2.21. The SMILES string of the molecule is CC(Cl)C(C)(C)NS(=O)(=O)CCC(C)(C)C. The molecular weight excluding hydrogens is 246 g/mol. The number of hydrogen-bond acceptors (Lipinski definition) is 2. The third kappa shape index (κ3) is 6.71. The Balaban J connectivity index is 4.49. The lowest BCUT2D eigenvalue weighted by atomic mass is 9.94. The molecule has 0 spiro atoms. The fourth-order valence-electron chi connectivity index (χ4n) is 0.974. The van der Waals surface area contributed by atoms with Crippen LogP contribution < -0.4 is 4.72 Å². The summed E-state index contributed by atoms with van der Waals surface area (Å²) < 4.78 is 26.3. The minimum atomic E-state index is -3.25. The average Bonchev–Trinajstić information content (AvgIpc) is 1.97. The van der Waals surface area contributed by atoms with Gasteiger partial charge < -0.3 is 0 Å². The van der Waals surface area contributed by atoms with E-state index in [2.05, 4.69) is 4.72 Å². The first-order chi connectivity index (χ1) is 6.86. The molecule has 0 saturated heterocycles. The van der Waals surface area contributed by atoms with E-state index in [9.17, 15) is 8.42 Å². The Labute approximate surface area is 105 Å². The maximum Gasteiger partial charge on any atom is 0.212 e. The molecule has 98 valence electrons. The van der Waals surface area contributed by atoms with E-state index < -0.39 is 15.6 Å². The summed E-state index contributed by atoms with van der Waals surface area (Å²) in [6.45, 7) is 11.4. The molecule has 0 bridgehead atoms. The molecule has 1 atom stereocenters. The summed E-state index contributed by atoms with van der Waals surface area (Å²) in [7, 11) is -3.25. The Bertz CT molecular complexity index is 315. The van der Waals surface area contributed by atoms with Gasteiger partial charge in [-0.2, -0.15) is 0 Å². The summed E-state index contributed by atoms with van der Waals surface area (Å²) in [5.41, 5.74) is -0.594. The summed E-state index contributed by atoms with van der Waals surface area (Å²) in [4.78, 5) is 0. The zero-order valence-corrected chi connectivity index (χ0v) is 12.7. The summed E-state index contributed by atoms with van der Waals surface area (Å²) >= 11 is 5.94.